The van der Waals surface area contributed by atoms with Crippen molar-refractivity contribution in [1.82, 2.24) is 9.88 Å². The van der Waals surface area contributed by atoms with Crippen LogP contribution in [0.15, 0.2) is 47.4 Å². The number of aryl methyl sites for hydroxylation is 1. The van der Waals surface area contributed by atoms with Gasteiger partial charge in [0, 0.05) is 13.2 Å². The van der Waals surface area contributed by atoms with E-state index in [1.807, 2.05) is 0 Å². The maximum Gasteiger partial charge on any atom is 0.416 e. The van der Waals surface area contributed by atoms with Gasteiger partial charge in [0.15, 0.2) is 0 Å². The van der Waals surface area contributed by atoms with Gasteiger partial charge in [-0.15, -0.1) is 0 Å². The molecule has 2 aromatic rings. The van der Waals surface area contributed by atoms with Crippen LogP contribution in [0.5, 0.6) is 5.75 Å². The molecule has 0 unspecified atom stereocenters. The standard InChI is InChI=1S/C18H15F3N2O3/c1-23-10-5-8-15(17(23)25)16(24)22-9-2-3-11-26-14-7-4-6-13(12-14)18(19,20)21/h4-8,10,12H,9,11H2,1H3,(H,22,24). The Morgan fingerprint density at radius 3 is 2.73 bits per heavy atom. The lowest BCUT2D eigenvalue weighted by Crippen LogP contribution is -2.32. The van der Waals surface area contributed by atoms with Crippen molar-refractivity contribution in [3.05, 3.63) is 64.1 Å². The minimum absolute atomic E-state index is 0.00276. The monoisotopic (exact) mass is 364 g/mol. The van der Waals surface area contributed by atoms with Crippen LogP contribution >= 0.6 is 0 Å². The van der Waals surface area contributed by atoms with Gasteiger partial charge in [0.1, 0.15) is 17.9 Å². The van der Waals surface area contributed by atoms with Gasteiger partial charge >= 0.3 is 6.18 Å². The molecule has 0 aliphatic rings. The first-order valence-corrected chi connectivity index (χ1v) is 7.48. The van der Waals surface area contributed by atoms with Gasteiger partial charge in [0.05, 0.1) is 12.1 Å². The van der Waals surface area contributed by atoms with Crippen molar-refractivity contribution in [3.8, 4) is 17.6 Å². The van der Waals surface area contributed by atoms with Crippen LogP contribution in [0.1, 0.15) is 15.9 Å². The summed E-state index contributed by atoms with van der Waals surface area (Å²) in [5.41, 5.74) is -1.23. The summed E-state index contributed by atoms with van der Waals surface area (Å²) in [5, 5.41) is 2.46. The van der Waals surface area contributed by atoms with E-state index in [0.717, 1.165) is 12.1 Å². The van der Waals surface area contributed by atoms with Crippen LogP contribution < -0.4 is 15.6 Å². The summed E-state index contributed by atoms with van der Waals surface area (Å²) in [5.74, 6) is 4.66. The molecule has 26 heavy (non-hydrogen) atoms. The van der Waals surface area contributed by atoms with Crippen LogP contribution in [0.25, 0.3) is 0 Å². The molecule has 0 saturated carbocycles. The fourth-order valence-electron chi connectivity index (χ4n) is 1.99. The van der Waals surface area contributed by atoms with E-state index in [4.69, 9.17) is 4.74 Å². The average molecular weight is 364 g/mol. The van der Waals surface area contributed by atoms with Gasteiger partial charge < -0.3 is 14.6 Å². The Morgan fingerprint density at radius 1 is 1.23 bits per heavy atom. The highest BCUT2D eigenvalue weighted by Gasteiger charge is 2.30. The predicted molar refractivity (Wildman–Crippen MR) is 88.7 cm³/mol. The Labute approximate surface area is 147 Å². The van der Waals surface area contributed by atoms with Crippen molar-refractivity contribution >= 4 is 5.91 Å². The van der Waals surface area contributed by atoms with Gasteiger partial charge in [-0.1, -0.05) is 17.9 Å². The number of hydrogen-bond acceptors (Lipinski definition) is 3. The van der Waals surface area contributed by atoms with Crippen LogP contribution in [0, 0.1) is 11.8 Å². The number of hydrogen-bond donors (Lipinski definition) is 1. The molecular weight excluding hydrogens is 349 g/mol. The molecule has 0 radical (unpaired) electrons. The lowest BCUT2D eigenvalue weighted by Gasteiger charge is -2.08. The second kappa shape index (κ2) is 8.25. The molecule has 1 aromatic carbocycles. The van der Waals surface area contributed by atoms with Gasteiger partial charge in [0.2, 0.25) is 0 Å². The number of nitrogens with one attached hydrogen (secondary N) is 1. The normalized spacial score (nSPS) is 10.6. The molecule has 8 heteroatoms. The SMILES string of the molecule is Cn1cccc(C(=O)NCC#CCOc2cccc(C(F)(F)F)c2)c1=O. The maximum atomic E-state index is 12.6. The molecule has 1 N–H and O–H groups in total. The van der Waals surface area contributed by atoms with E-state index < -0.39 is 23.2 Å². The van der Waals surface area contributed by atoms with Crippen molar-refractivity contribution in [1.29, 1.82) is 0 Å². The van der Waals surface area contributed by atoms with Crippen molar-refractivity contribution in [2.45, 2.75) is 6.18 Å². The second-order valence-corrected chi connectivity index (χ2v) is 5.19. The lowest BCUT2D eigenvalue weighted by molar-refractivity contribution is -0.137. The van der Waals surface area contributed by atoms with E-state index in [2.05, 4.69) is 17.2 Å². The van der Waals surface area contributed by atoms with Crippen molar-refractivity contribution < 1.29 is 22.7 Å². The van der Waals surface area contributed by atoms with Crippen LogP contribution in [0.2, 0.25) is 0 Å². The molecule has 5 nitrogen and oxygen atoms in total. The van der Waals surface area contributed by atoms with Crippen LogP contribution in [0.3, 0.4) is 0 Å². The Bertz CT molecular complexity index is 908. The summed E-state index contributed by atoms with van der Waals surface area (Å²) in [6.45, 7) is -0.160. The van der Waals surface area contributed by atoms with E-state index in [1.54, 1.807) is 6.07 Å². The van der Waals surface area contributed by atoms with Crippen LogP contribution in [-0.2, 0) is 13.2 Å². The average Bonchev–Trinajstić information content (AvgIpc) is 2.59. The smallest absolute Gasteiger partial charge is 0.416 e. The Kier molecular flexibility index (Phi) is 6.07. The number of amides is 1. The first-order valence-electron chi connectivity index (χ1n) is 7.48. The predicted octanol–water partition coefficient (Wildman–Crippen LogP) is 2.22. The topological polar surface area (TPSA) is 60.3 Å². The maximum absolute atomic E-state index is 12.6. The third-order valence-electron chi connectivity index (χ3n) is 3.30. The van der Waals surface area contributed by atoms with E-state index in [1.165, 1.54) is 36.0 Å². The number of nitrogens with zero attached hydrogens (tertiary/aromatic N) is 1. The van der Waals surface area contributed by atoms with Crippen molar-refractivity contribution in [2.75, 3.05) is 13.2 Å². The van der Waals surface area contributed by atoms with E-state index in [-0.39, 0.29) is 24.5 Å². The van der Waals surface area contributed by atoms with E-state index >= 15 is 0 Å². The number of carbonyl (C=O) groups excluding carboxylic acids is 1. The third-order valence-corrected chi connectivity index (χ3v) is 3.30. The summed E-state index contributed by atoms with van der Waals surface area (Å²) in [4.78, 5) is 23.6. The van der Waals surface area contributed by atoms with Gasteiger partial charge in [-0.2, -0.15) is 13.2 Å². The number of carbonyl (C=O) groups is 1. The highest BCUT2D eigenvalue weighted by Crippen LogP contribution is 2.31. The Balaban J connectivity index is 1.84. The zero-order valence-electron chi connectivity index (χ0n) is 13.8. The molecule has 1 heterocycles. The number of halogens is 3. The lowest BCUT2D eigenvalue weighted by atomic mass is 10.2. The van der Waals surface area contributed by atoms with Gasteiger partial charge in [-0.3, -0.25) is 9.59 Å². The number of rotatable bonds is 4. The highest BCUT2D eigenvalue weighted by atomic mass is 19.4. The van der Waals surface area contributed by atoms with Gasteiger partial charge in [-0.05, 0) is 30.3 Å². The zero-order chi connectivity index (χ0) is 19.2. The molecule has 0 saturated heterocycles. The number of benzene rings is 1. The minimum Gasteiger partial charge on any atom is -0.481 e. The second-order valence-electron chi connectivity index (χ2n) is 5.19. The molecule has 2 rings (SSSR count). The third kappa shape index (κ3) is 5.14. The molecule has 0 atom stereocenters. The fraction of sp³-hybridized carbons (Fsp3) is 0.222. The van der Waals surface area contributed by atoms with Gasteiger partial charge in [0.25, 0.3) is 11.5 Å². The molecular formula is C18H15F3N2O3. The summed E-state index contributed by atoms with van der Waals surface area (Å²) < 4.78 is 44.1. The molecule has 1 amide bonds. The van der Waals surface area contributed by atoms with Crippen LogP contribution in [-0.4, -0.2) is 23.6 Å². The summed E-state index contributed by atoms with van der Waals surface area (Å²) in [7, 11) is 1.53. The minimum atomic E-state index is -4.44. The summed E-state index contributed by atoms with van der Waals surface area (Å²) in [6, 6.07) is 7.44. The Morgan fingerprint density at radius 2 is 2.00 bits per heavy atom. The number of aromatic nitrogens is 1. The van der Waals surface area contributed by atoms with E-state index in [9.17, 15) is 22.8 Å². The van der Waals surface area contributed by atoms with Crippen molar-refractivity contribution in [2.24, 2.45) is 7.05 Å². The summed E-state index contributed by atoms with van der Waals surface area (Å²) >= 11 is 0. The Hall–Kier alpha value is -3.21. The largest absolute Gasteiger partial charge is 0.481 e. The molecule has 0 spiro atoms. The van der Waals surface area contributed by atoms with Gasteiger partial charge in [-0.25, -0.2) is 0 Å². The number of pyridine rings is 1. The van der Waals surface area contributed by atoms with Crippen LogP contribution in [0.4, 0.5) is 13.2 Å². The zero-order valence-corrected chi connectivity index (χ0v) is 13.8. The first-order chi connectivity index (χ1) is 12.3. The molecule has 136 valence electrons. The number of ether oxygens (including phenoxy) is 1. The molecule has 0 fully saturated rings. The summed E-state index contributed by atoms with van der Waals surface area (Å²) in [6.07, 6.45) is -2.91. The highest BCUT2D eigenvalue weighted by molar-refractivity contribution is 5.93. The van der Waals surface area contributed by atoms with E-state index in [0.29, 0.717) is 0 Å². The van der Waals surface area contributed by atoms with Crippen molar-refractivity contribution in [3.63, 3.8) is 0 Å². The number of alkyl halides is 3. The molecule has 0 aliphatic carbocycles. The molecule has 1 aromatic heterocycles. The fourth-order valence-corrected chi connectivity index (χ4v) is 1.99. The quantitative estimate of drug-likeness (QED) is 0.847. The molecule has 0 bridgehead atoms. The molecule has 0 aliphatic heterocycles. The first kappa shape index (κ1) is 19.1.